The Morgan fingerprint density at radius 1 is 1.50 bits per heavy atom. The van der Waals surface area contributed by atoms with Crippen LogP contribution in [0, 0.1) is 0 Å². The number of likely N-dealkylation sites (N-methyl/N-ethyl adjacent to an activating group) is 1. The number of sulfonamides is 1. The molecule has 20 heavy (non-hydrogen) atoms. The molecule has 3 N–H and O–H groups in total. The van der Waals surface area contributed by atoms with Gasteiger partial charge in [-0.25, -0.2) is 13.1 Å². The van der Waals surface area contributed by atoms with Crippen LogP contribution in [0.4, 0.5) is 0 Å². The summed E-state index contributed by atoms with van der Waals surface area (Å²) in [7, 11) is -1.50. The fourth-order valence-electron chi connectivity index (χ4n) is 2.43. The third kappa shape index (κ3) is 3.79. The van der Waals surface area contributed by atoms with Crippen LogP contribution in [0.15, 0.2) is 27.6 Å². The molecule has 1 fully saturated rings. The van der Waals surface area contributed by atoms with E-state index in [1.54, 1.807) is 18.2 Å². The van der Waals surface area contributed by atoms with E-state index in [2.05, 4.69) is 25.6 Å². The summed E-state index contributed by atoms with van der Waals surface area (Å²) >= 11 is 3.32. The molecule has 7 heteroatoms. The Kier molecular flexibility index (Phi) is 5.19. The fourth-order valence-corrected chi connectivity index (χ4v) is 4.82. The topological polar surface area (TPSA) is 75.4 Å². The number of benzene rings is 1. The van der Waals surface area contributed by atoms with E-state index in [4.69, 9.17) is 5.73 Å². The molecule has 1 heterocycles. The summed E-state index contributed by atoms with van der Waals surface area (Å²) in [6, 6.07) is 5.06. The Balaban J connectivity index is 2.17. The number of piperidine rings is 1. The van der Waals surface area contributed by atoms with Crippen molar-refractivity contribution in [2.45, 2.75) is 30.3 Å². The van der Waals surface area contributed by atoms with E-state index in [1.807, 2.05) is 7.05 Å². The minimum absolute atomic E-state index is 0.0279. The van der Waals surface area contributed by atoms with E-state index in [9.17, 15) is 8.42 Å². The van der Waals surface area contributed by atoms with Gasteiger partial charge in [-0.15, -0.1) is 0 Å². The van der Waals surface area contributed by atoms with Crippen LogP contribution in [0.1, 0.15) is 18.4 Å². The molecule has 2 rings (SSSR count). The molecule has 112 valence electrons. The number of halogens is 1. The van der Waals surface area contributed by atoms with E-state index in [-0.39, 0.29) is 10.9 Å². The first-order valence-electron chi connectivity index (χ1n) is 6.62. The van der Waals surface area contributed by atoms with Crippen LogP contribution in [-0.2, 0) is 16.6 Å². The second-order valence-electron chi connectivity index (χ2n) is 5.19. The van der Waals surface area contributed by atoms with E-state index in [0.717, 1.165) is 31.5 Å². The highest BCUT2D eigenvalue weighted by molar-refractivity contribution is 9.10. The first-order chi connectivity index (χ1) is 9.42. The molecule has 0 saturated carbocycles. The standard InChI is InChI=1S/C13H20BrN3O2S/c1-17-6-2-3-11(9-17)16-20(18,19)13-5-4-10(8-15)7-12(13)14/h4-5,7,11,16H,2-3,6,8-9,15H2,1H3. The molecule has 1 atom stereocenters. The molecule has 0 spiro atoms. The summed E-state index contributed by atoms with van der Waals surface area (Å²) in [5.41, 5.74) is 6.45. The van der Waals surface area contributed by atoms with Crippen molar-refractivity contribution in [3.05, 3.63) is 28.2 Å². The predicted octanol–water partition coefficient (Wildman–Crippen LogP) is 1.28. The monoisotopic (exact) mass is 361 g/mol. The van der Waals surface area contributed by atoms with Crippen molar-refractivity contribution in [1.82, 2.24) is 9.62 Å². The molecule has 1 aromatic rings. The second kappa shape index (κ2) is 6.53. The zero-order chi connectivity index (χ0) is 14.8. The molecule has 1 unspecified atom stereocenters. The van der Waals surface area contributed by atoms with Gasteiger partial charge in [-0.05, 0) is 60.1 Å². The van der Waals surface area contributed by atoms with Crippen molar-refractivity contribution in [1.29, 1.82) is 0 Å². The number of rotatable bonds is 4. The van der Waals surface area contributed by atoms with Gasteiger partial charge in [-0.2, -0.15) is 0 Å². The average Bonchev–Trinajstić information content (AvgIpc) is 2.37. The maximum absolute atomic E-state index is 12.4. The normalized spacial score (nSPS) is 21.1. The van der Waals surface area contributed by atoms with Crippen LogP contribution >= 0.6 is 15.9 Å². The van der Waals surface area contributed by atoms with Crippen molar-refractivity contribution in [2.24, 2.45) is 5.73 Å². The quantitative estimate of drug-likeness (QED) is 0.846. The van der Waals surface area contributed by atoms with Crippen molar-refractivity contribution >= 4 is 26.0 Å². The first kappa shape index (κ1) is 15.9. The number of nitrogens with one attached hydrogen (secondary N) is 1. The summed E-state index contributed by atoms with van der Waals surface area (Å²) in [5, 5.41) is 0. The fraction of sp³-hybridized carbons (Fsp3) is 0.538. The number of likely N-dealkylation sites (tertiary alicyclic amines) is 1. The van der Waals surface area contributed by atoms with Gasteiger partial charge in [-0.1, -0.05) is 6.07 Å². The first-order valence-corrected chi connectivity index (χ1v) is 8.89. The van der Waals surface area contributed by atoms with Crippen molar-refractivity contribution in [3.63, 3.8) is 0 Å². The van der Waals surface area contributed by atoms with Crippen LogP contribution in [0.5, 0.6) is 0 Å². The number of hydrogen-bond donors (Lipinski definition) is 2. The van der Waals surface area contributed by atoms with Gasteiger partial charge in [0, 0.05) is 23.6 Å². The maximum Gasteiger partial charge on any atom is 0.241 e. The van der Waals surface area contributed by atoms with Crippen LogP contribution in [-0.4, -0.2) is 39.5 Å². The van der Waals surface area contributed by atoms with Crippen LogP contribution in [0.25, 0.3) is 0 Å². The Morgan fingerprint density at radius 3 is 2.85 bits per heavy atom. The lowest BCUT2D eigenvalue weighted by atomic mass is 10.1. The third-order valence-corrected chi connectivity index (χ3v) is 5.97. The lowest BCUT2D eigenvalue weighted by Crippen LogP contribution is -2.46. The highest BCUT2D eigenvalue weighted by Crippen LogP contribution is 2.24. The van der Waals surface area contributed by atoms with E-state index >= 15 is 0 Å². The second-order valence-corrected chi connectivity index (χ2v) is 7.73. The Hall–Kier alpha value is -0.470. The Bertz CT molecular complexity index is 577. The van der Waals surface area contributed by atoms with Crippen LogP contribution < -0.4 is 10.5 Å². The number of nitrogens with two attached hydrogens (primary N) is 1. The molecule has 0 bridgehead atoms. The maximum atomic E-state index is 12.4. The molecule has 0 aromatic heterocycles. The zero-order valence-corrected chi connectivity index (χ0v) is 13.9. The number of nitrogens with zero attached hydrogens (tertiary/aromatic N) is 1. The van der Waals surface area contributed by atoms with E-state index < -0.39 is 10.0 Å². The molecular weight excluding hydrogens is 342 g/mol. The van der Waals surface area contributed by atoms with Gasteiger partial charge in [-0.3, -0.25) is 0 Å². The van der Waals surface area contributed by atoms with Crippen molar-refractivity contribution in [3.8, 4) is 0 Å². The third-order valence-electron chi connectivity index (χ3n) is 3.47. The van der Waals surface area contributed by atoms with Gasteiger partial charge >= 0.3 is 0 Å². The smallest absolute Gasteiger partial charge is 0.241 e. The van der Waals surface area contributed by atoms with Gasteiger partial charge < -0.3 is 10.6 Å². The van der Waals surface area contributed by atoms with Gasteiger partial charge in [0.1, 0.15) is 0 Å². The number of hydrogen-bond acceptors (Lipinski definition) is 4. The summed E-state index contributed by atoms with van der Waals surface area (Å²) < 4.78 is 28.2. The highest BCUT2D eigenvalue weighted by Gasteiger charge is 2.25. The minimum Gasteiger partial charge on any atom is -0.326 e. The van der Waals surface area contributed by atoms with Gasteiger partial charge in [0.05, 0.1) is 4.90 Å². The Morgan fingerprint density at radius 2 is 2.25 bits per heavy atom. The molecule has 0 aliphatic carbocycles. The Labute approximate surface area is 128 Å². The highest BCUT2D eigenvalue weighted by atomic mass is 79.9. The summed E-state index contributed by atoms with van der Waals surface area (Å²) in [6.07, 6.45) is 1.89. The lowest BCUT2D eigenvalue weighted by molar-refractivity contribution is 0.242. The van der Waals surface area contributed by atoms with Gasteiger partial charge in [0.25, 0.3) is 0 Å². The molecule has 1 aromatic carbocycles. The van der Waals surface area contributed by atoms with Crippen molar-refractivity contribution in [2.75, 3.05) is 20.1 Å². The van der Waals surface area contributed by atoms with Crippen molar-refractivity contribution < 1.29 is 8.42 Å². The summed E-state index contributed by atoms with van der Waals surface area (Å²) in [5.74, 6) is 0. The summed E-state index contributed by atoms with van der Waals surface area (Å²) in [4.78, 5) is 2.41. The molecule has 5 nitrogen and oxygen atoms in total. The predicted molar refractivity (Wildman–Crippen MR) is 82.9 cm³/mol. The van der Waals surface area contributed by atoms with E-state index in [1.165, 1.54) is 0 Å². The van der Waals surface area contributed by atoms with E-state index in [0.29, 0.717) is 11.0 Å². The minimum atomic E-state index is -3.50. The molecule has 0 amide bonds. The zero-order valence-electron chi connectivity index (χ0n) is 11.5. The largest absolute Gasteiger partial charge is 0.326 e. The summed E-state index contributed by atoms with van der Waals surface area (Å²) in [6.45, 7) is 2.16. The average molecular weight is 362 g/mol. The molecule has 1 aliphatic rings. The molecular formula is C13H20BrN3O2S. The van der Waals surface area contributed by atoms with Crippen LogP contribution in [0.3, 0.4) is 0 Å². The van der Waals surface area contributed by atoms with Gasteiger partial charge in [0.15, 0.2) is 0 Å². The molecule has 1 saturated heterocycles. The molecule has 1 aliphatic heterocycles. The lowest BCUT2D eigenvalue weighted by Gasteiger charge is -2.30. The SMILES string of the molecule is CN1CCCC(NS(=O)(=O)c2ccc(CN)cc2Br)C1. The molecule has 0 radical (unpaired) electrons. The van der Waals surface area contributed by atoms with Gasteiger partial charge in [0.2, 0.25) is 10.0 Å². The van der Waals surface area contributed by atoms with Crippen LogP contribution in [0.2, 0.25) is 0 Å².